The zero-order valence-electron chi connectivity index (χ0n) is 16.7. The van der Waals surface area contributed by atoms with Gasteiger partial charge in [0, 0.05) is 30.5 Å². The third-order valence-electron chi connectivity index (χ3n) is 5.04. The van der Waals surface area contributed by atoms with E-state index in [9.17, 15) is 9.18 Å². The number of ether oxygens (including phenoxy) is 1. The summed E-state index contributed by atoms with van der Waals surface area (Å²) in [6, 6.07) is 13.8. The minimum atomic E-state index is -0.328. The van der Waals surface area contributed by atoms with E-state index in [0.29, 0.717) is 18.5 Å². The molecule has 7 heteroatoms. The number of halogens is 1. The second-order valence-corrected chi connectivity index (χ2v) is 8.32. The Morgan fingerprint density at radius 2 is 1.83 bits per heavy atom. The van der Waals surface area contributed by atoms with Gasteiger partial charge in [0.15, 0.2) is 5.78 Å². The van der Waals surface area contributed by atoms with Gasteiger partial charge in [0.05, 0.1) is 25.3 Å². The fourth-order valence-electron chi connectivity index (χ4n) is 3.42. The van der Waals surface area contributed by atoms with Crippen molar-refractivity contribution in [1.29, 1.82) is 0 Å². The van der Waals surface area contributed by atoms with Crippen LogP contribution in [0.25, 0.3) is 10.9 Å². The maximum atomic E-state index is 13.0. The second kappa shape index (κ2) is 10.1. The van der Waals surface area contributed by atoms with Gasteiger partial charge in [0.2, 0.25) is 0 Å². The number of hydrogen-bond donors (Lipinski definition) is 0. The summed E-state index contributed by atoms with van der Waals surface area (Å²) in [5.41, 5.74) is 1.50. The summed E-state index contributed by atoms with van der Waals surface area (Å²) in [7, 11) is 0. The van der Waals surface area contributed by atoms with E-state index in [1.165, 1.54) is 12.1 Å². The van der Waals surface area contributed by atoms with E-state index in [4.69, 9.17) is 14.7 Å². The molecule has 1 aliphatic heterocycles. The molecule has 1 aliphatic rings. The topological polar surface area (TPSA) is 55.3 Å². The molecule has 0 N–H and O–H groups in total. The van der Waals surface area contributed by atoms with Crippen LogP contribution in [0.15, 0.2) is 53.6 Å². The Balaban J connectivity index is 1.39. The summed E-state index contributed by atoms with van der Waals surface area (Å²) in [5.74, 6) is 1.31. The van der Waals surface area contributed by atoms with Crippen molar-refractivity contribution in [1.82, 2.24) is 14.9 Å². The lowest BCUT2D eigenvalue weighted by atomic mass is 10.1. The van der Waals surface area contributed by atoms with Gasteiger partial charge in [-0.2, -0.15) is 0 Å². The summed E-state index contributed by atoms with van der Waals surface area (Å²) < 4.78 is 18.4. The van der Waals surface area contributed by atoms with E-state index in [1.54, 1.807) is 23.9 Å². The van der Waals surface area contributed by atoms with Crippen molar-refractivity contribution in [2.75, 3.05) is 32.1 Å². The molecule has 0 aliphatic carbocycles. The van der Waals surface area contributed by atoms with Gasteiger partial charge in [-0.1, -0.05) is 18.2 Å². The minimum absolute atomic E-state index is 0.0381. The number of para-hydroxylation sites is 1. The summed E-state index contributed by atoms with van der Waals surface area (Å²) >= 11 is 1.66. The van der Waals surface area contributed by atoms with Crippen LogP contribution >= 0.6 is 11.8 Å². The third-order valence-corrected chi connectivity index (χ3v) is 6.11. The number of fused-ring (bicyclic) bond motifs is 1. The predicted molar refractivity (Wildman–Crippen MR) is 116 cm³/mol. The van der Waals surface area contributed by atoms with E-state index in [-0.39, 0.29) is 11.6 Å². The number of benzene rings is 2. The Labute approximate surface area is 179 Å². The average Bonchev–Trinajstić information content (AvgIpc) is 2.77. The van der Waals surface area contributed by atoms with Crippen LogP contribution in [0.1, 0.15) is 29.0 Å². The van der Waals surface area contributed by atoms with Gasteiger partial charge in [-0.3, -0.25) is 9.69 Å². The number of thioether (sulfide) groups is 1. The average molecular weight is 426 g/mol. The zero-order valence-corrected chi connectivity index (χ0v) is 17.5. The first-order valence-corrected chi connectivity index (χ1v) is 11.1. The van der Waals surface area contributed by atoms with Crippen LogP contribution in [0.4, 0.5) is 4.39 Å². The minimum Gasteiger partial charge on any atom is -0.379 e. The first-order chi connectivity index (χ1) is 14.7. The molecule has 30 heavy (non-hydrogen) atoms. The highest BCUT2D eigenvalue weighted by atomic mass is 32.2. The highest BCUT2D eigenvalue weighted by Gasteiger charge is 2.15. The molecule has 0 atom stereocenters. The summed E-state index contributed by atoms with van der Waals surface area (Å²) in [6.45, 7) is 3.99. The summed E-state index contributed by atoms with van der Waals surface area (Å²) in [4.78, 5) is 24.2. The Hall–Kier alpha value is -2.35. The molecule has 1 aromatic heterocycles. The monoisotopic (exact) mass is 425 g/mol. The molecule has 156 valence electrons. The molecule has 1 saturated heterocycles. The molecular weight excluding hydrogens is 401 g/mol. The van der Waals surface area contributed by atoms with Gasteiger partial charge in [0.25, 0.3) is 0 Å². The Bertz CT molecular complexity index is 1010. The number of carbonyl (C=O) groups excluding carboxylic acids is 1. The number of morpholine rings is 1. The van der Waals surface area contributed by atoms with E-state index in [2.05, 4.69) is 4.90 Å². The van der Waals surface area contributed by atoms with Crippen LogP contribution in [-0.2, 0) is 11.3 Å². The molecule has 5 nitrogen and oxygen atoms in total. The lowest BCUT2D eigenvalue weighted by Crippen LogP contribution is -2.36. The van der Waals surface area contributed by atoms with Gasteiger partial charge in [-0.05, 0) is 42.5 Å². The second-order valence-electron chi connectivity index (χ2n) is 7.23. The van der Waals surface area contributed by atoms with Crippen molar-refractivity contribution < 1.29 is 13.9 Å². The highest BCUT2D eigenvalue weighted by molar-refractivity contribution is 7.99. The fourth-order valence-corrected chi connectivity index (χ4v) is 4.40. The first-order valence-electron chi connectivity index (χ1n) is 10.2. The fraction of sp³-hybridized carbons (Fsp3) is 0.348. The molecule has 0 amide bonds. The molecular formula is C23H24FN3O2S. The SMILES string of the molecule is O=C(CCCSc1nc(CN2CCOCC2)nc2ccccc12)c1ccc(F)cc1. The molecule has 2 aromatic carbocycles. The number of nitrogens with zero attached hydrogens (tertiary/aromatic N) is 3. The Morgan fingerprint density at radius 1 is 1.07 bits per heavy atom. The van der Waals surface area contributed by atoms with Crippen LogP contribution in [0.2, 0.25) is 0 Å². The van der Waals surface area contributed by atoms with Gasteiger partial charge in [-0.15, -0.1) is 11.8 Å². The molecule has 1 fully saturated rings. The molecule has 0 unspecified atom stereocenters. The Morgan fingerprint density at radius 3 is 2.63 bits per heavy atom. The molecule has 0 radical (unpaired) electrons. The third kappa shape index (κ3) is 5.41. The maximum Gasteiger partial charge on any atom is 0.162 e. The first kappa shape index (κ1) is 20.9. The standard InChI is InChI=1S/C23H24FN3O2S/c24-18-9-7-17(8-10-18)21(28)6-3-15-30-23-19-4-1-2-5-20(19)25-22(26-23)16-27-11-13-29-14-12-27/h1-2,4-5,7-10H,3,6,11-16H2. The molecule has 2 heterocycles. The number of hydrogen-bond acceptors (Lipinski definition) is 6. The molecule has 4 rings (SSSR count). The van der Waals surface area contributed by atoms with Crippen molar-refractivity contribution in [3.63, 3.8) is 0 Å². The highest BCUT2D eigenvalue weighted by Crippen LogP contribution is 2.26. The van der Waals surface area contributed by atoms with Crippen molar-refractivity contribution in [3.05, 3.63) is 65.7 Å². The lowest BCUT2D eigenvalue weighted by molar-refractivity contribution is 0.0330. The largest absolute Gasteiger partial charge is 0.379 e. The zero-order chi connectivity index (χ0) is 20.8. The maximum absolute atomic E-state index is 13.0. The van der Waals surface area contributed by atoms with Crippen LogP contribution in [0.5, 0.6) is 0 Å². The number of carbonyl (C=O) groups is 1. The van der Waals surface area contributed by atoms with Gasteiger partial charge >= 0.3 is 0 Å². The number of rotatable bonds is 8. The van der Waals surface area contributed by atoms with Crippen LogP contribution in [0, 0.1) is 5.82 Å². The van der Waals surface area contributed by atoms with Crippen molar-refractivity contribution in [3.8, 4) is 0 Å². The molecule has 0 spiro atoms. The smallest absolute Gasteiger partial charge is 0.162 e. The van der Waals surface area contributed by atoms with E-state index < -0.39 is 0 Å². The number of ketones is 1. The Kier molecular flexibility index (Phi) is 7.04. The van der Waals surface area contributed by atoms with E-state index in [1.807, 2.05) is 24.3 Å². The van der Waals surface area contributed by atoms with Crippen molar-refractivity contribution >= 4 is 28.4 Å². The lowest BCUT2D eigenvalue weighted by Gasteiger charge is -2.25. The van der Waals surface area contributed by atoms with E-state index in [0.717, 1.165) is 60.2 Å². The van der Waals surface area contributed by atoms with Crippen LogP contribution < -0.4 is 0 Å². The van der Waals surface area contributed by atoms with Gasteiger partial charge < -0.3 is 4.74 Å². The molecule has 3 aromatic rings. The van der Waals surface area contributed by atoms with E-state index >= 15 is 0 Å². The van der Waals surface area contributed by atoms with Crippen molar-refractivity contribution in [2.24, 2.45) is 0 Å². The summed E-state index contributed by atoms with van der Waals surface area (Å²) in [5, 5.41) is 2.00. The number of Topliss-reactive ketones (excluding diaryl/α,β-unsaturated/α-hetero) is 1. The quantitative estimate of drug-likeness (QED) is 0.231. The summed E-state index contributed by atoms with van der Waals surface area (Å²) in [6.07, 6.45) is 1.17. The molecule has 0 bridgehead atoms. The normalized spacial score (nSPS) is 14.8. The van der Waals surface area contributed by atoms with Crippen LogP contribution in [0.3, 0.4) is 0 Å². The van der Waals surface area contributed by atoms with Crippen molar-refractivity contribution in [2.45, 2.75) is 24.4 Å². The van der Waals surface area contributed by atoms with Crippen LogP contribution in [-0.4, -0.2) is 52.7 Å². The van der Waals surface area contributed by atoms with Gasteiger partial charge in [0.1, 0.15) is 16.7 Å². The number of aromatic nitrogens is 2. The molecule has 0 saturated carbocycles. The van der Waals surface area contributed by atoms with Gasteiger partial charge in [-0.25, -0.2) is 14.4 Å². The predicted octanol–water partition coefficient (Wildman–Crippen LogP) is 4.36.